The second-order valence-electron chi connectivity index (χ2n) is 6.06. The molecular formula is C19H19ClN2O4. The number of hydrogen-bond acceptors (Lipinski definition) is 4. The Hall–Kier alpha value is -2.73. The zero-order chi connectivity index (χ0) is 18.5. The summed E-state index contributed by atoms with van der Waals surface area (Å²) in [6.45, 7) is 1.95. The van der Waals surface area contributed by atoms with Crippen LogP contribution in [0.4, 0.5) is 0 Å². The highest BCUT2D eigenvalue weighted by atomic mass is 35.5. The van der Waals surface area contributed by atoms with Gasteiger partial charge in [-0.05, 0) is 48.7 Å². The Morgan fingerprint density at radius 1 is 1.23 bits per heavy atom. The molecule has 0 radical (unpaired) electrons. The summed E-state index contributed by atoms with van der Waals surface area (Å²) in [5.41, 5.74) is 6.58. The summed E-state index contributed by atoms with van der Waals surface area (Å²) >= 11 is 5.98. The normalized spacial score (nSPS) is 15.4. The van der Waals surface area contributed by atoms with E-state index in [9.17, 15) is 9.59 Å². The largest absolute Gasteiger partial charge is 0.492 e. The van der Waals surface area contributed by atoms with Crippen molar-refractivity contribution in [2.75, 3.05) is 13.2 Å². The van der Waals surface area contributed by atoms with E-state index >= 15 is 0 Å². The van der Waals surface area contributed by atoms with Gasteiger partial charge >= 0.3 is 0 Å². The molecule has 1 atom stereocenters. The number of hydrazine groups is 1. The number of benzene rings is 2. The number of ether oxygens (including phenoxy) is 2. The smallest absolute Gasteiger partial charge is 0.276 e. The van der Waals surface area contributed by atoms with E-state index in [4.69, 9.17) is 21.1 Å². The van der Waals surface area contributed by atoms with Gasteiger partial charge in [0.25, 0.3) is 5.91 Å². The van der Waals surface area contributed by atoms with Gasteiger partial charge in [0.05, 0.1) is 5.92 Å². The molecule has 0 aromatic heterocycles. The standard InChI is InChI=1S/C19H19ClN2O4/c1-12-4-2-3-5-16(12)26-11-18(23)21-22-19(24)14-8-13-9-15(20)6-7-17(13)25-10-14/h2-7,9,14H,8,10-11H2,1H3,(H,21,23)(H,22,24)/t14-/m1/s1. The Morgan fingerprint density at radius 3 is 2.85 bits per heavy atom. The van der Waals surface area contributed by atoms with E-state index in [0.29, 0.717) is 17.2 Å². The lowest BCUT2D eigenvalue weighted by molar-refractivity contribution is -0.132. The van der Waals surface area contributed by atoms with Gasteiger partial charge in [0.15, 0.2) is 6.61 Å². The van der Waals surface area contributed by atoms with Gasteiger partial charge in [-0.2, -0.15) is 0 Å². The van der Waals surface area contributed by atoms with Crippen LogP contribution in [0.3, 0.4) is 0 Å². The van der Waals surface area contributed by atoms with Crippen LogP contribution in [-0.2, 0) is 16.0 Å². The van der Waals surface area contributed by atoms with Gasteiger partial charge in [-0.1, -0.05) is 29.8 Å². The number of carbonyl (C=O) groups is 2. The number of rotatable bonds is 4. The van der Waals surface area contributed by atoms with Crippen LogP contribution >= 0.6 is 11.6 Å². The summed E-state index contributed by atoms with van der Waals surface area (Å²) in [6.07, 6.45) is 0.497. The average molecular weight is 375 g/mol. The van der Waals surface area contributed by atoms with Gasteiger partial charge in [0.2, 0.25) is 5.91 Å². The highest BCUT2D eigenvalue weighted by molar-refractivity contribution is 6.30. The molecule has 6 nitrogen and oxygen atoms in total. The molecule has 0 fully saturated rings. The molecule has 0 saturated carbocycles. The van der Waals surface area contributed by atoms with E-state index in [2.05, 4.69) is 10.9 Å². The fraction of sp³-hybridized carbons (Fsp3) is 0.263. The summed E-state index contributed by atoms with van der Waals surface area (Å²) in [5, 5.41) is 0.593. The molecule has 2 aromatic rings. The second kappa shape index (κ2) is 8.10. The monoisotopic (exact) mass is 374 g/mol. The molecule has 26 heavy (non-hydrogen) atoms. The molecule has 2 aromatic carbocycles. The Labute approximate surface area is 156 Å². The van der Waals surface area contributed by atoms with E-state index in [0.717, 1.165) is 16.9 Å². The van der Waals surface area contributed by atoms with E-state index < -0.39 is 11.8 Å². The van der Waals surface area contributed by atoms with E-state index in [1.54, 1.807) is 24.3 Å². The fourth-order valence-corrected chi connectivity index (χ4v) is 2.86. The third-order valence-electron chi connectivity index (χ3n) is 4.08. The lowest BCUT2D eigenvalue weighted by Gasteiger charge is -2.24. The van der Waals surface area contributed by atoms with E-state index in [1.165, 1.54) is 0 Å². The zero-order valence-corrected chi connectivity index (χ0v) is 15.0. The number of carbonyl (C=O) groups excluding carboxylic acids is 2. The van der Waals surface area contributed by atoms with Crippen LogP contribution in [0.15, 0.2) is 42.5 Å². The number of nitrogens with one attached hydrogen (secondary N) is 2. The molecule has 0 saturated heterocycles. The minimum absolute atomic E-state index is 0.190. The van der Waals surface area contributed by atoms with Crippen LogP contribution in [0.5, 0.6) is 11.5 Å². The predicted molar refractivity (Wildman–Crippen MR) is 97.1 cm³/mol. The van der Waals surface area contributed by atoms with Crippen LogP contribution in [0.2, 0.25) is 5.02 Å². The lowest BCUT2D eigenvalue weighted by Crippen LogP contribution is -2.48. The van der Waals surface area contributed by atoms with Crippen molar-refractivity contribution >= 4 is 23.4 Å². The Kier molecular flexibility index (Phi) is 5.63. The summed E-state index contributed by atoms with van der Waals surface area (Å²) in [5.74, 6) is 0.192. The molecule has 2 amide bonds. The summed E-state index contributed by atoms with van der Waals surface area (Å²) in [6, 6.07) is 12.7. The lowest BCUT2D eigenvalue weighted by atomic mass is 9.96. The Balaban J connectivity index is 1.47. The zero-order valence-electron chi connectivity index (χ0n) is 14.3. The third kappa shape index (κ3) is 4.46. The number of halogens is 1. The number of hydrogen-bond donors (Lipinski definition) is 2. The number of aryl methyl sites for hydroxylation is 1. The van der Waals surface area contributed by atoms with Crippen molar-refractivity contribution in [3.8, 4) is 11.5 Å². The topological polar surface area (TPSA) is 76.7 Å². The predicted octanol–water partition coefficient (Wildman–Crippen LogP) is 2.43. The Bertz CT molecular complexity index is 825. The van der Waals surface area contributed by atoms with Crippen LogP contribution < -0.4 is 20.3 Å². The minimum atomic E-state index is -0.443. The van der Waals surface area contributed by atoms with Gasteiger partial charge in [0.1, 0.15) is 18.1 Å². The first-order chi connectivity index (χ1) is 12.5. The van der Waals surface area contributed by atoms with E-state index in [-0.39, 0.29) is 19.1 Å². The fourth-order valence-electron chi connectivity index (χ4n) is 2.66. The van der Waals surface area contributed by atoms with Crippen molar-refractivity contribution in [2.24, 2.45) is 5.92 Å². The van der Waals surface area contributed by atoms with Crippen molar-refractivity contribution in [3.05, 3.63) is 58.6 Å². The van der Waals surface area contributed by atoms with E-state index in [1.807, 2.05) is 25.1 Å². The van der Waals surface area contributed by atoms with Gasteiger partial charge in [-0.3, -0.25) is 20.4 Å². The number of fused-ring (bicyclic) bond motifs is 1. The maximum atomic E-state index is 12.2. The average Bonchev–Trinajstić information content (AvgIpc) is 2.64. The first-order valence-corrected chi connectivity index (χ1v) is 8.59. The number of amides is 2. The van der Waals surface area contributed by atoms with Crippen molar-refractivity contribution < 1.29 is 19.1 Å². The first-order valence-electron chi connectivity index (χ1n) is 8.21. The summed E-state index contributed by atoms with van der Waals surface area (Å²) < 4.78 is 11.0. The van der Waals surface area contributed by atoms with Crippen LogP contribution in [-0.4, -0.2) is 25.0 Å². The molecule has 0 aliphatic carbocycles. The first kappa shape index (κ1) is 18.1. The van der Waals surface area contributed by atoms with Crippen LogP contribution in [0.25, 0.3) is 0 Å². The van der Waals surface area contributed by atoms with Crippen LogP contribution in [0.1, 0.15) is 11.1 Å². The van der Waals surface area contributed by atoms with Crippen molar-refractivity contribution in [1.29, 1.82) is 0 Å². The third-order valence-corrected chi connectivity index (χ3v) is 4.31. The molecule has 1 heterocycles. The van der Waals surface area contributed by atoms with Gasteiger partial charge < -0.3 is 9.47 Å². The molecule has 136 valence electrons. The van der Waals surface area contributed by atoms with Crippen molar-refractivity contribution in [1.82, 2.24) is 10.9 Å². The van der Waals surface area contributed by atoms with Gasteiger partial charge in [-0.15, -0.1) is 0 Å². The highest BCUT2D eigenvalue weighted by Gasteiger charge is 2.26. The molecule has 3 rings (SSSR count). The van der Waals surface area contributed by atoms with Crippen molar-refractivity contribution in [3.63, 3.8) is 0 Å². The quantitative estimate of drug-likeness (QED) is 0.806. The number of para-hydroxylation sites is 1. The molecule has 0 spiro atoms. The van der Waals surface area contributed by atoms with Crippen LogP contribution in [0, 0.1) is 12.8 Å². The molecule has 7 heteroatoms. The molecule has 1 aliphatic rings. The molecule has 1 aliphatic heterocycles. The maximum Gasteiger partial charge on any atom is 0.276 e. The van der Waals surface area contributed by atoms with Gasteiger partial charge in [0, 0.05) is 5.02 Å². The minimum Gasteiger partial charge on any atom is -0.492 e. The summed E-state index contributed by atoms with van der Waals surface area (Å²) in [7, 11) is 0. The van der Waals surface area contributed by atoms with Gasteiger partial charge in [-0.25, -0.2) is 0 Å². The SMILES string of the molecule is Cc1ccccc1OCC(=O)NNC(=O)[C@H]1COc2ccc(Cl)cc2C1. The molecule has 2 N–H and O–H groups in total. The second-order valence-corrected chi connectivity index (χ2v) is 6.49. The summed E-state index contributed by atoms with van der Waals surface area (Å²) in [4.78, 5) is 24.1. The highest BCUT2D eigenvalue weighted by Crippen LogP contribution is 2.29. The maximum absolute atomic E-state index is 12.2. The molecule has 0 bridgehead atoms. The molecular weight excluding hydrogens is 356 g/mol. The Morgan fingerprint density at radius 2 is 2.04 bits per heavy atom. The van der Waals surface area contributed by atoms with Crippen molar-refractivity contribution in [2.45, 2.75) is 13.3 Å². The molecule has 0 unspecified atom stereocenters.